The highest BCUT2D eigenvalue weighted by molar-refractivity contribution is 7.99. The summed E-state index contributed by atoms with van der Waals surface area (Å²) in [5.41, 5.74) is 12.6. The lowest BCUT2D eigenvalue weighted by molar-refractivity contribution is 0.636. The van der Waals surface area contributed by atoms with Gasteiger partial charge in [-0.05, 0) is 92.5 Å². The van der Waals surface area contributed by atoms with E-state index in [1.807, 2.05) is 11.8 Å². The summed E-state index contributed by atoms with van der Waals surface area (Å²) in [6.45, 7) is 0. The number of fused-ring (bicyclic) bond motifs is 8. The van der Waals surface area contributed by atoms with Gasteiger partial charge in [0.15, 0.2) is 0 Å². The Hall–Kier alpha value is -6.81. The molecule has 0 amide bonds. The van der Waals surface area contributed by atoms with Crippen molar-refractivity contribution in [3.63, 3.8) is 0 Å². The second-order valence-corrected chi connectivity index (χ2v) is 15.1. The Morgan fingerprint density at radius 2 is 0.873 bits per heavy atom. The zero-order valence-corrected chi connectivity index (χ0v) is 30.6. The topological polar surface area (TPSA) is 16.4 Å². The van der Waals surface area contributed by atoms with E-state index in [1.165, 1.54) is 59.6 Å². The van der Waals surface area contributed by atoms with Crippen LogP contribution in [0.25, 0.3) is 77.2 Å². The summed E-state index contributed by atoms with van der Waals surface area (Å²) in [5, 5.41) is 5.88. The molecule has 3 heteroatoms. The van der Waals surface area contributed by atoms with Gasteiger partial charge in [0.2, 0.25) is 0 Å². The average molecular weight is 720 g/mol. The van der Waals surface area contributed by atoms with Gasteiger partial charge in [0.25, 0.3) is 0 Å². The first-order valence-electron chi connectivity index (χ1n) is 18.7. The van der Waals surface area contributed by atoms with E-state index in [0.717, 1.165) is 44.5 Å². The van der Waals surface area contributed by atoms with Gasteiger partial charge in [-0.15, -0.1) is 0 Å². The van der Waals surface area contributed by atoms with Gasteiger partial charge < -0.3 is 9.32 Å². The Balaban J connectivity index is 0.978. The summed E-state index contributed by atoms with van der Waals surface area (Å²) < 4.78 is 6.95. The SMILES string of the molecule is c1ccc(-c2oc3c4ccc(-c5ccc(-c6ccc(N7c8ccccc8Sc8ccccc87)cc6)cc5)cc4c4ccccc4c3c2-c2ccccc2)cc1. The molecule has 2 nitrogen and oxygen atoms in total. The van der Waals surface area contributed by atoms with Crippen molar-refractivity contribution >= 4 is 61.3 Å². The first kappa shape index (κ1) is 31.7. The number of anilines is 3. The molecule has 11 rings (SSSR count). The number of hydrogen-bond acceptors (Lipinski definition) is 3. The summed E-state index contributed by atoms with van der Waals surface area (Å²) in [6, 6.07) is 71.9. The highest BCUT2D eigenvalue weighted by Crippen LogP contribution is 2.51. The highest BCUT2D eigenvalue weighted by atomic mass is 32.2. The van der Waals surface area contributed by atoms with E-state index in [2.05, 4.69) is 205 Å². The van der Waals surface area contributed by atoms with E-state index in [1.54, 1.807) is 0 Å². The third-order valence-corrected chi connectivity index (χ3v) is 12.0. The highest BCUT2D eigenvalue weighted by Gasteiger charge is 2.25. The molecule has 0 radical (unpaired) electrons. The second-order valence-electron chi connectivity index (χ2n) is 14.0. The Morgan fingerprint density at radius 1 is 0.364 bits per heavy atom. The molecule has 0 atom stereocenters. The summed E-state index contributed by atoms with van der Waals surface area (Å²) in [5.74, 6) is 0.900. The fraction of sp³-hybridized carbons (Fsp3) is 0. The standard InChI is InChI=1S/C52H33NOS/c1-3-13-37(14-4-1)49-50-42-18-8-7-17-41(42)44-33-39(29-32-43(44)52(50)54-51(49)38-15-5-2-6-16-38)36-25-23-34(24-26-36)35-27-30-40(31-28-35)53-45-19-9-11-21-47(45)55-48-22-12-10-20-46(48)53/h1-33H. The van der Waals surface area contributed by atoms with Crippen LogP contribution in [0.5, 0.6) is 0 Å². The predicted molar refractivity (Wildman–Crippen MR) is 232 cm³/mol. The maximum absolute atomic E-state index is 6.95. The Bertz CT molecular complexity index is 2990. The first-order valence-corrected chi connectivity index (χ1v) is 19.5. The van der Waals surface area contributed by atoms with Crippen LogP contribution in [0.4, 0.5) is 17.1 Å². The van der Waals surface area contributed by atoms with Crippen molar-refractivity contribution in [3.8, 4) is 44.7 Å². The zero-order chi connectivity index (χ0) is 36.3. The van der Waals surface area contributed by atoms with Crippen molar-refractivity contribution in [2.75, 3.05) is 4.90 Å². The lowest BCUT2D eigenvalue weighted by atomic mass is 9.91. The molecule has 0 unspecified atom stereocenters. The molecule has 258 valence electrons. The van der Waals surface area contributed by atoms with Crippen LogP contribution in [0.15, 0.2) is 214 Å². The molecular formula is C52H33NOS. The molecule has 1 aliphatic heterocycles. The van der Waals surface area contributed by atoms with Crippen LogP contribution < -0.4 is 4.90 Å². The molecule has 0 saturated heterocycles. The molecule has 9 aromatic carbocycles. The van der Waals surface area contributed by atoms with E-state index in [0.29, 0.717) is 0 Å². The largest absolute Gasteiger partial charge is 0.455 e. The molecule has 1 aromatic heterocycles. The third kappa shape index (κ3) is 5.27. The van der Waals surface area contributed by atoms with E-state index >= 15 is 0 Å². The minimum Gasteiger partial charge on any atom is -0.455 e. The van der Waals surface area contributed by atoms with Crippen LogP contribution in [0.2, 0.25) is 0 Å². The average Bonchev–Trinajstić information content (AvgIpc) is 3.68. The van der Waals surface area contributed by atoms with Gasteiger partial charge in [0.05, 0.1) is 11.4 Å². The van der Waals surface area contributed by atoms with Crippen LogP contribution in [-0.2, 0) is 0 Å². The maximum atomic E-state index is 6.95. The zero-order valence-electron chi connectivity index (χ0n) is 29.8. The van der Waals surface area contributed by atoms with Crippen molar-refractivity contribution < 1.29 is 4.42 Å². The van der Waals surface area contributed by atoms with Crippen LogP contribution >= 0.6 is 11.8 Å². The number of para-hydroxylation sites is 2. The van der Waals surface area contributed by atoms with Gasteiger partial charge in [-0.1, -0.05) is 163 Å². The molecule has 0 N–H and O–H groups in total. The summed E-state index contributed by atoms with van der Waals surface area (Å²) in [6.07, 6.45) is 0. The molecule has 0 fully saturated rings. The fourth-order valence-corrected chi connectivity index (χ4v) is 9.33. The van der Waals surface area contributed by atoms with Crippen molar-refractivity contribution in [3.05, 3.63) is 200 Å². The van der Waals surface area contributed by atoms with Gasteiger partial charge >= 0.3 is 0 Å². The second kappa shape index (κ2) is 12.9. The van der Waals surface area contributed by atoms with Crippen LogP contribution in [0.1, 0.15) is 0 Å². The van der Waals surface area contributed by atoms with Crippen molar-refractivity contribution in [1.82, 2.24) is 0 Å². The Labute approximate surface area is 323 Å². The summed E-state index contributed by atoms with van der Waals surface area (Å²) in [7, 11) is 0. The molecule has 2 heterocycles. The molecule has 0 aliphatic carbocycles. The molecular weight excluding hydrogens is 687 g/mol. The molecule has 10 aromatic rings. The number of hydrogen-bond donors (Lipinski definition) is 0. The summed E-state index contributed by atoms with van der Waals surface area (Å²) >= 11 is 1.83. The fourth-order valence-electron chi connectivity index (χ4n) is 8.27. The maximum Gasteiger partial charge on any atom is 0.143 e. The van der Waals surface area contributed by atoms with E-state index in [9.17, 15) is 0 Å². The van der Waals surface area contributed by atoms with Crippen LogP contribution in [0, 0.1) is 0 Å². The summed E-state index contributed by atoms with van der Waals surface area (Å²) in [4.78, 5) is 4.91. The predicted octanol–water partition coefficient (Wildman–Crippen LogP) is 15.3. The molecule has 0 saturated carbocycles. The molecule has 0 bridgehead atoms. The molecule has 1 aliphatic rings. The van der Waals surface area contributed by atoms with Gasteiger partial charge in [0, 0.05) is 37.4 Å². The van der Waals surface area contributed by atoms with Crippen molar-refractivity contribution in [1.29, 1.82) is 0 Å². The van der Waals surface area contributed by atoms with Gasteiger partial charge in [-0.3, -0.25) is 0 Å². The van der Waals surface area contributed by atoms with Gasteiger partial charge in [0.1, 0.15) is 11.3 Å². The minimum absolute atomic E-state index is 0.900. The Morgan fingerprint density at radius 3 is 1.53 bits per heavy atom. The monoisotopic (exact) mass is 719 g/mol. The lowest BCUT2D eigenvalue weighted by Gasteiger charge is -2.32. The van der Waals surface area contributed by atoms with Gasteiger partial charge in [-0.2, -0.15) is 0 Å². The first-order chi connectivity index (χ1) is 27.3. The van der Waals surface area contributed by atoms with Crippen LogP contribution in [0.3, 0.4) is 0 Å². The number of nitrogens with zero attached hydrogens (tertiary/aromatic N) is 1. The third-order valence-electron chi connectivity index (χ3n) is 10.9. The van der Waals surface area contributed by atoms with E-state index in [4.69, 9.17) is 4.42 Å². The number of rotatable bonds is 5. The number of furan rings is 1. The molecule has 0 spiro atoms. The normalized spacial score (nSPS) is 12.3. The van der Waals surface area contributed by atoms with Crippen molar-refractivity contribution in [2.24, 2.45) is 0 Å². The lowest BCUT2D eigenvalue weighted by Crippen LogP contribution is -2.14. The smallest absolute Gasteiger partial charge is 0.143 e. The quantitative estimate of drug-likeness (QED) is 0.165. The van der Waals surface area contributed by atoms with Gasteiger partial charge in [-0.25, -0.2) is 0 Å². The minimum atomic E-state index is 0.900. The van der Waals surface area contributed by atoms with Crippen molar-refractivity contribution in [2.45, 2.75) is 9.79 Å². The molecule has 55 heavy (non-hydrogen) atoms. The Kier molecular flexibility index (Phi) is 7.46. The van der Waals surface area contributed by atoms with E-state index in [-0.39, 0.29) is 0 Å². The van der Waals surface area contributed by atoms with E-state index < -0.39 is 0 Å². The number of benzene rings is 9. The van der Waals surface area contributed by atoms with Crippen LogP contribution in [-0.4, -0.2) is 0 Å².